The molecule has 8 heteroatoms. The van der Waals surface area contributed by atoms with Gasteiger partial charge in [-0.15, -0.1) is 0 Å². The molecule has 0 amide bonds. The van der Waals surface area contributed by atoms with Crippen LogP contribution in [0.2, 0.25) is 15.2 Å². The van der Waals surface area contributed by atoms with Crippen molar-refractivity contribution in [3.63, 3.8) is 0 Å². The van der Waals surface area contributed by atoms with E-state index in [0.29, 0.717) is 0 Å². The van der Waals surface area contributed by atoms with Crippen molar-refractivity contribution in [1.82, 2.24) is 4.98 Å². The Labute approximate surface area is 106 Å². The van der Waals surface area contributed by atoms with Crippen LogP contribution in [0.4, 0.5) is 5.69 Å². The van der Waals surface area contributed by atoms with Crippen LogP contribution >= 0.6 is 34.8 Å². The monoisotopic (exact) mass is 284 g/mol. The van der Waals surface area contributed by atoms with Gasteiger partial charge in [-0.25, -0.2) is 4.79 Å². The number of aliphatic carboxylic acids is 1. The number of nitrogen functional groups attached to an aromatic ring is 1. The predicted molar refractivity (Wildman–Crippen MR) is 61.4 cm³/mol. The number of carboxylic acids is 1. The Balaban J connectivity index is 3.11. The first-order valence-electron chi connectivity index (χ1n) is 4.04. The highest BCUT2D eigenvalue weighted by Crippen LogP contribution is 2.38. The highest BCUT2D eigenvalue weighted by atomic mass is 35.5. The van der Waals surface area contributed by atoms with Crippen molar-refractivity contribution in [1.29, 1.82) is 0 Å². The molecule has 1 rings (SSSR count). The van der Waals surface area contributed by atoms with Gasteiger partial charge in [0.1, 0.15) is 10.0 Å². The predicted octanol–water partition coefficient (Wildman–Crippen LogP) is 2.48. The third kappa shape index (κ3) is 2.61. The summed E-state index contributed by atoms with van der Waals surface area (Å²) in [6.45, 7) is 1.32. The highest BCUT2D eigenvalue weighted by molar-refractivity contribution is 6.45. The number of pyridine rings is 1. The Morgan fingerprint density at radius 1 is 1.44 bits per heavy atom. The summed E-state index contributed by atoms with van der Waals surface area (Å²) in [5.41, 5.74) is 5.52. The van der Waals surface area contributed by atoms with Gasteiger partial charge in [0.25, 0.3) is 0 Å². The fraction of sp³-hybridized carbons (Fsp3) is 0.250. The van der Waals surface area contributed by atoms with Gasteiger partial charge in [0.2, 0.25) is 5.88 Å². The molecule has 0 spiro atoms. The van der Waals surface area contributed by atoms with Gasteiger partial charge in [-0.05, 0) is 6.92 Å². The van der Waals surface area contributed by atoms with Crippen LogP contribution in [0.25, 0.3) is 0 Å². The summed E-state index contributed by atoms with van der Waals surface area (Å²) in [6.07, 6.45) is -1.12. The van der Waals surface area contributed by atoms with E-state index in [-0.39, 0.29) is 26.8 Å². The Morgan fingerprint density at radius 2 is 2.00 bits per heavy atom. The number of anilines is 1. The molecule has 0 saturated carbocycles. The van der Waals surface area contributed by atoms with Crippen molar-refractivity contribution < 1.29 is 14.6 Å². The molecule has 0 fully saturated rings. The topological polar surface area (TPSA) is 85.4 Å². The van der Waals surface area contributed by atoms with E-state index in [4.69, 9.17) is 50.4 Å². The number of nitrogens with zero attached hydrogens (tertiary/aromatic N) is 1. The van der Waals surface area contributed by atoms with E-state index in [1.165, 1.54) is 6.92 Å². The molecule has 0 radical (unpaired) electrons. The smallest absolute Gasteiger partial charge is 0.344 e. The summed E-state index contributed by atoms with van der Waals surface area (Å²) in [5.74, 6) is -1.33. The SMILES string of the molecule is C[C@@H](Oc1nc(Cl)c(Cl)c(N)c1Cl)C(=O)O. The van der Waals surface area contributed by atoms with Gasteiger partial charge in [0.05, 0.1) is 5.69 Å². The minimum atomic E-state index is -1.16. The molecule has 1 atom stereocenters. The molecule has 0 aliphatic heterocycles. The molecule has 1 aromatic heterocycles. The van der Waals surface area contributed by atoms with Gasteiger partial charge in [-0.3, -0.25) is 0 Å². The minimum Gasteiger partial charge on any atom is -0.479 e. The second kappa shape index (κ2) is 4.95. The number of carbonyl (C=O) groups is 1. The molecular formula is C8H7Cl3N2O3. The third-order valence-corrected chi connectivity index (χ3v) is 2.80. The van der Waals surface area contributed by atoms with Crippen LogP contribution in [0.3, 0.4) is 0 Å². The summed E-state index contributed by atoms with van der Waals surface area (Å²) >= 11 is 17.1. The maximum absolute atomic E-state index is 10.6. The Morgan fingerprint density at radius 3 is 2.50 bits per heavy atom. The molecule has 0 bridgehead atoms. The quantitative estimate of drug-likeness (QED) is 0.833. The van der Waals surface area contributed by atoms with E-state index in [1.54, 1.807) is 0 Å². The molecule has 0 aliphatic carbocycles. The Kier molecular flexibility index (Phi) is 4.07. The lowest BCUT2D eigenvalue weighted by atomic mass is 10.4. The third-order valence-electron chi connectivity index (χ3n) is 1.68. The van der Waals surface area contributed by atoms with E-state index in [1.807, 2.05) is 0 Å². The molecular weight excluding hydrogens is 278 g/mol. The lowest BCUT2D eigenvalue weighted by Crippen LogP contribution is -2.23. The standard InChI is InChI=1S/C8H7Cl3N2O3/c1-2(8(14)15)16-7-4(10)5(12)3(9)6(11)13-7/h2H,1H3,(H2,12,13)(H,14,15)/t2-/m1/s1. The number of ether oxygens (including phenoxy) is 1. The summed E-state index contributed by atoms with van der Waals surface area (Å²) in [6, 6.07) is 0. The summed E-state index contributed by atoms with van der Waals surface area (Å²) < 4.78 is 4.96. The van der Waals surface area contributed by atoms with Crippen LogP contribution < -0.4 is 10.5 Å². The lowest BCUT2D eigenvalue weighted by molar-refractivity contribution is -0.144. The van der Waals surface area contributed by atoms with E-state index < -0.39 is 12.1 Å². The van der Waals surface area contributed by atoms with E-state index >= 15 is 0 Å². The zero-order chi connectivity index (χ0) is 12.5. The van der Waals surface area contributed by atoms with Gasteiger partial charge >= 0.3 is 5.97 Å². The molecule has 88 valence electrons. The maximum atomic E-state index is 10.6. The number of carboxylic acid groups (broad SMARTS) is 1. The second-order valence-corrected chi connectivity index (χ2v) is 3.96. The van der Waals surface area contributed by atoms with Crippen molar-refractivity contribution in [2.24, 2.45) is 0 Å². The minimum absolute atomic E-state index is 0.00185. The van der Waals surface area contributed by atoms with Gasteiger partial charge in [0.15, 0.2) is 11.3 Å². The average Bonchev–Trinajstić information content (AvgIpc) is 2.22. The summed E-state index contributed by atoms with van der Waals surface area (Å²) in [7, 11) is 0. The average molecular weight is 286 g/mol. The van der Waals surface area contributed by atoms with E-state index in [0.717, 1.165) is 0 Å². The van der Waals surface area contributed by atoms with Crippen molar-refractivity contribution in [2.75, 3.05) is 5.73 Å². The fourth-order valence-corrected chi connectivity index (χ4v) is 1.35. The molecule has 16 heavy (non-hydrogen) atoms. The van der Waals surface area contributed by atoms with Gasteiger partial charge in [0, 0.05) is 0 Å². The van der Waals surface area contributed by atoms with Crippen molar-refractivity contribution in [3.05, 3.63) is 15.2 Å². The first kappa shape index (κ1) is 13.2. The van der Waals surface area contributed by atoms with Crippen LogP contribution in [0.5, 0.6) is 5.88 Å². The first-order valence-corrected chi connectivity index (χ1v) is 5.17. The molecule has 0 unspecified atom stereocenters. The molecule has 0 saturated heterocycles. The maximum Gasteiger partial charge on any atom is 0.344 e. The number of hydrogen-bond acceptors (Lipinski definition) is 4. The Bertz CT molecular complexity index is 439. The van der Waals surface area contributed by atoms with Gasteiger partial charge in [-0.2, -0.15) is 4.98 Å². The van der Waals surface area contributed by atoms with Gasteiger partial charge in [-0.1, -0.05) is 34.8 Å². The molecule has 1 aromatic rings. The number of aromatic nitrogens is 1. The highest BCUT2D eigenvalue weighted by Gasteiger charge is 2.20. The van der Waals surface area contributed by atoms with Crippen molar-refractivity contribution in [3.8, 4) is 5.88 Å². The number of halogens is 3. The van der Waals surface area contributed by atoms with Crippen LogP contribution in [0.15, 0.2) is 0 Å². The number of rotatable bonds is 3. The first-order chi connectivity index (χ1) is 7.34. The molecule has 5 nitrogen and oxygen atoms in total. The van der Waals surface area contributed by atoms with Crippen LogP contribution in [-0.4, -0.2) is 22.2 Å². The Hall–Kier alpha value is -0.910. The molecule has 0 aliphatic rings. The fourth-order valence-electron chi connectivity index (χ4n) is 0.806. The normalized spacial score (nSPS) is 12.2. The second-order valence-electron chi connectivity index (χ2n) is 2.85. The molecule has 1 heterocycles. The number of nitrogens with two attached hydrogens (primary N) is 1. The molecule has 0 aromatic carbocycles. The van der Waals surface area contributed by atoms with Crippen LogP contribution in [-0.2, 0) is 4.79 Å². The zero-order valence-electron chi connectivity index (χ0n) is 8.00. The van der Waals surface area contributed by atoms with E-state index in [9.17, 15) is 4.79 Å². The van der Waals surface area contributed by atoms with Crippen LogP contribution in [0.1, 0.15) is 6.92 Å². The van der Waals surface area contributed by atoms with Crippen molar-refractivity contribution >= 4 is 46.5 Å². The zero-order valence-corrected chi connectivity index (χ0v) is 10.3. The number of hydrogen-bond donors (Lipinski definition) is 2. The van der Waals surface area contributed by atoms with E-state index in [2.05, 4.69) is 4.98 Å². The summed E-state index contributed by atoms with van der Waals surface area (Å²) in [5, 5.41) is 8.48. The molecule has 3 N–H and O–H groups in total. The largest absolute Gasteiger partial charge is 0.479 e. The van der Waals surface area contributed by atoms with Gasteiger partial charge < -0.3 is 15.6 Å². The van der Waals surface area contributed by atoms with Crippen molar-refractivity contribution in [2.45, 2.75) is 13.0 Å². The summed E-state index contributed by atoms with van der Waals surface area (Å²) in [4.78, 5) is 14.3. The van der Waals surface area contributed by atoms with Crippen LogP contribution in [0, 0.1) is 0 Å². The lowest BCUT2D eigenvalue weighted by Gasteiger charge is -2.13.